The molecule has 2 aromatic rings. The number of nitrogens with zero attached hydrogens (tertiary/aromatic N) is 2. The molecule has 5 heteroatoms. The molecule has 33 heavy (non-hydrogen) atoms. The first-order valence-corrected chi connectivity index (χ1v) is 14.1. The number of aromatic nitrogens is 1. The van der Waals surface area contributed by atoms with Crippen LogP contribution in [-0.2, 0) is 12.0 Å². The van der Waals surface area contributed by atoms with Crippen LogP contribution in [0.25, 0.3) is 0 Å². The minimum Gasteiger partial charge on any atom is -0.442 e. The Bertz CT molecular complexity index is 886. The lowest BCUT2D eigenvalue weighted by atomic mass is 9.73. The fraction of sp³-hybridized carbons (Fsp3) is 0.679. The Kier molecular flexibility index (Phi) is 6.93. The van der Waals surface area contributed by atoms with Gasteiger partial charge in [0.15, 0.2) is 5.60 Å². The van der Waals surface area contributed by atoms with Gasteiger partial charge in [-0.05, 0) is 30.2 Å². The van der Waals surface area contributed by atoms with Gasteiger partial charge in [-0.25, -0.2) is 4.98 Å². The number of aliphatic hydroxyl groups is 1. The summed E-state index contributed by atoms with van der Waals surface area (Å²) in [4.78, 5) is 4.71. The maximum absolute atomic E-state index is 12.1. The van der Waals surface area contributed by atoms with Crippen LogP contribution < -0.4 is 0 Å². The quantitative estimate of drug-likeness (QED) is 0.362. The first-order chi connectivity index (χ1) is 16.0. The molecular formula is C28H41N2O2S+. The summed E-state index contributed by atoms with van der Waals surface area (Å²) in [5, 5.41) is 12.6. The average Bonchev–Trinajstić information content (AvgIpc) is 3.34. The van der Waals surface area contributed by atoms with Crippen LogP contribution in [0, 0.1) is 17.8 Å². The Morgan fingerprint density at radius 1 is 1.03 bits per heavy atom. The second-order valence-corrected chi connectivity index (χ2v) is 12.7. The van der Waals surface area contributed by atoms with Crippen molar-refractivity contribution in [2.24, 2.45) is 17.8 Å². The van der Waals surface area contributed by atoms with Crippen LogP contribution in [-0.4, -0.2) is 38.9 Å². The topological polar surface area (TPSA) is 46.3 Å². The van der Waals surface area contributed by atoms with Gasteiger partial charge >= 0.3 is 0 Å². The van der Waals surface area contributed by atoms with Crippen LogP contribution in [0.4, 0.5) is 0 Å². The Labute approximate surface area is 203 Å². The molecule has 2 atom stereocenters. The molecule has 0 amide bonds. The molecule has 4 fully saturated rings. The zero-order valence-corrected chi connectivity index (χ0v) is 21.2. The van der Waals surface area contributed by atoms with E-state index in [0.717, 1.165) is 36.5 Å². The van der Waals surface area contributed by atoms with E-state index in [0.29, 0.717) is 17.1 Å². The lowest BCUT2D eigenvalue weighted by Gasteiger charge is -2.48. The number of oxazole rings is 1. The van der Waals surface area contributed by atoms with Crippen molar-refractivity contribution < 1.29 is 13.4 Å². The first kappa shape index (κ1) is 23.4. The SMILES string of the molecule is CC(C)[C@@H](Cc1cnc([C@](O)(c2ccccc2)C2CCCCC2)o1)S[N+]12CCC(CC1)CC2. The van der Waals surface area contributed by atoms with Crippen molar-refractivity contribution in [3.05, 3.63) is 53.7 Å². The number of benzene rings is 1. The minimum absolute atomic E-state index is 0.156. The predicted octanol–water partition coefficient (Wildman–Crippen LogP) is 6.34. The van der Waals surface area contributed by atoms with Crippen LogP contribution in [0.1, 0.15) is 82.4 Å². The van der Waals surface area contributed by atoms with Gasteiger partial charge in [-0.2, -0.15) is 0 Å². The van der Waals surface area contributed by atoms with Crippen LogP contribution in [0.3, 0.4) is 0 Å². The summed E-state index contributed by atoms with van der Waals surface area (Å²) >= 11 is 2.18. The van der Waals surface area contributed by atoms with Crippen molar-refractivity contribution in [3.63, 3.8) is 0 Å². The van der Waals surface area contributed by atoms with Crippen LogP contribution >= 0.6 is 11.9 Å². The molecule has 4 heterocycles. The minimum atomic E-state index is -1.14. The average molecular weight is 470 g/mol. The fourth-order valence-corrected chi connectivity index (χ4v) is 8.07. The molecule has 1 saturated carbocycles. The van der Waals surface area contributed by atoms with Gasteiger partial charge in [0.05, 0.1) is 43.0 Å². The molecule has 1 aliphatic carbocycles. The summed E-state index contributed by atoms with van der Waals surface area (Å²) in [6, 6.07) is 10.1. The van der Waals surface area contributed by atoms with E-state index in [1.165, 1.54) is 62.0 Å². The second-order valence-electron chi connectivity index (χ2n) is 11.2. The normalized spacial score (nSPS) is 28.7. The van der Waals surface area contributed by atoms with E-state index >= 15 is 0 Å². The van der Waals surface area contributed by atoms with Crippen molar-refractivity contribution in [3.8, 4) is 0 Å². The van der Waals surface area contributed by atoms with E-state index in [-0.39, 0.29) is 5.92 Å². The lowest BCUT2D eigenvalue weighted by Crippen LogP contribution is -2.54. The first-order valence-electron chi connectivity index (χ1n) is 13.3. The highest BCUT2D eigenvalue weighted by atomic mass is 32.2. The van der Waals surface area contributed by atoms with Gasteiger partial charge < -0.3 is 9.52 Å². The summed E-state index contributed by atoms with van der Waals surface area (Å²) < 4.78 is 7.65. The van der Waals surface area contributed by atoms with Crippen molar-refractivity contribution in [1.29, 1.82) is 0 Å². The van der Waals surface area contributed by atoms with Gasteiger partial charge in [0.1, 0.15) is 5.76 Å². The molecule has 6 rings (SSSR count). The maximum Gasteiger partial charge on any atom is 0.231 e. The molecule has 4 nitrogen and oxygen atoms in total. The Morgan fingerprint density at radius 3 is 2.33 bits per heavy atom. The molecule has 0 unspecified atom stereocenters. The molecule has 4 aliphatic rings. The summed E-state index contributed by atoms with van der Waals surface area (Å²) in [6.45, 7) is 8.67. The standard InChI is InChI=1S/C28H41N2O2S/c1-21(2)26(33-30-16-13-22(14-17-30)15-18-30)19-25-20-29-27(32-25)28(31,23-9-5-3-6-10-23)24-11-7-4-8-12-24/h3,5-6,9-10,20-22,24,26,31H,4,7-8,11-19H2,1-2H3/q+1/t22?,26-,28+,30?/m1/s1. The molecule has 2 bridgehead atoms. The number of hydrogen-bond donors (Lipinski definition) is 1. The van der Waals surface area contributed by atoms with Gasteiger partial charge in [0.25, 0.3) is 0 Å². The van der Waals surface area contributed by atoms with Crippen molar-refractivity contribution in [2.75, 3.05) is 19.6 Å². The van der Waals surface area contributed by atoms with Crippen LogP contribution in [0.5, 0.6) is 0 Å². The van der Waals surface area contributed by atoms with Gasteiger partial charge in [0, 0.05) is 31.6 Å². The van der Waals surface area contributed by atoms with E-state index in [1.54, 1.807) is 0 Å². The Morgan fingerprint density at radius 2 is 1.70 bits per heavy atom. The number of hydrogen-bond acceptors (Lipinski definition) is 4. The van der Waals surface area contributed by atoms with E-state index in [9.17, 15) is 5.11 Å². The highest BCUT2D eigenvalue weighted by Crippen LogP contribution is 2.45. The van der Waals surface area contributed by atoms with Crippen LogP contribution in [0.2, 0.25) is 0 Å². The number of rotatable bonds is 8. The smallest absolute Gasteiger partial charge is 0.231 e. The Balaban J connectivity index is 1.38. The molecule has 1 N–H and O–H groups in total. The van der Waals surface area contributed by atoms with Crippen molar-refractivity contribution in [2.45, 2.75) is 82.5 Å². The highest BCUT2D eigenvalue weighted by molar-refractivity contribution is 7.94. The van der Waals surface area contributed by atoms with Gasteiger partial charge in [-0.3, -0.25) is 3.89 Å². The predicted molar refractivity (Wildman–Crippen MR) is 135 cm³/mol. The summed E-state index contributed by atoms with van der Waals surface area (Å²) in [5.74, 6) is 3.13. The molecular weight excluding hydrogens is 428 g/mol. The van der Waals surface area contributed by atoms with E-state index in [2.05, 4.69) is 25.8 Å². The molecule has 180 valence electrons. The number of fused-ring (bicyclic) bond motifs is 3. The van der Waals surface area contributed by atoms with E-state index in [1.807, 2.05) is 36.5 Å². The van der Waals surface area contributed by atoms with Crippen LogP contribution in [0.15, 0.2) is 40.9 Å². The molecule has 1 aromatic heterocycles. The van der Waals surface area contributed by atoms with Gasteiger partial charge in [0.2, 0.25) is 5.89 Å². The lowest BCUT2D eigenvalue weighted by molar-refractivity contribution is -0.815. The third-order valence-corrected chi connectivity index (χ3v) is 10.6. The largest absolute Gasteiger partial charge is 0.442 e. The van der Waals surface area contributed by atoms with E-state index in [4.69, 9.17) is 9.40 Å². The zero-order chi connectivity index (χ0) is 22.9. The molecule has 0 radical (unpaired) electrons. The molecule has 1 aromatic carbocycles. The van der Waals surface area contributed by atoms with Gasteiger partial charge in [-0.1, -0.05) is 63.4 Å². The Hall–Kier alpha value is -1.30. The maximum atomic E-state index is 12.1. The summed E-state index contributed by atoms with van der Waals surface area (Å²) in [7, 11) is 0. The van der Waals surface area contributed by atoms with Crippen molar-refractivity contribution >= 4 is 11.9 Å². The van der Waals surface area contributed by atoms with Gasteiger partial charge in [-0.15, -0.1) is 0 Å². The molecule has 0 spiro atoms. The summed E-state index contributed by atoms with van der Waals surface area (Å²) in [5.41, 5.74) is -0.230. The summed E-state index contributed by atoms with van der Waals surface area (Å²) in [6.07, 6.45) is 12.6. The fourth-order valence-electron chi connectivity index (χ4n) is 6.38. The third-order valence-electron chi connectivity index (χ3n) is 8.63. The molecule has 3 saturated heterocycles. The molecule has 3 aliphatic heterocycles. The monoisotopic (exact) mass is 469 g/mol. The highest BCUT2D eigenvalue weighted by Gasteiger charge is 2.46. The third kappa shape index (κ3) is 4.78. The zero-order valence-electron chi connectivity index (χ0n) is 20.4. The van der Waals surface area contributed by atoms with E-state index < -0.39 is 5.60 Å². The number of piperidine rings is 3. The number of quaternary nitrogens is 1. The second kappa shape index (κ2) is 9.75. The van der Waals surface area contributed by atoms with Crippen molar-refractivity contribution in [1.82, 2.24) is 4.98 Å².